The molecule has 0 saturated carbocycles. The zero-order valence-electron chi connectivity index (χ0n) is 11.8. The standard InChI is InChI=1S/C16H16N2O2/c1-11(2)20-15-8-6-14(7-9-15)18-12(3)4-5-13(10-17)16(18)19/h4-9,11H,1-3H3. The first kappa shape index (κ1) is 13.9. The van der Waals surface area contributed by atoms with Gasteiger partial charge in [-0.2, -0.15) is 5.26 Å². The van der Waals surface area contributed by atoms with Crippen LogP contribution in [0.2, 0.25) is 0 Å². The predicted molar refractivity (Wildman–Crippen MR) is 77.3 cm³/mol. The van der Waals surface area contributed by atoms with Crippen molar-refractivity contribution in [3.63, 3.8) is 0 Å². The Balaban J connectivity index is 2.47. The second-order valence-electron chi connectivity index (χ2n) is 4.80. The van der Waals surface area contributed by atoms with Crippen LogP contribution in [0, 0.1) is 18.3 Å². The molecule has 0 aliphatic carbocycles. The summed E-state index contributed by atoms with van der Waals surface area (Å²) in [6, 6.07) is 12.5. The number of pyridine rings is 1. The van der Waals surface area contributed by atoms with Gasteiger partial charge in [-0.05, 0) is 57.2 Å². The summed E-state index contributed by atoms with van der Waals surface area (Å²) in [6.07, 6.45) is 0.104. The normalized spacial score (nSPS) is 10.3. The molecule has 2 aromatic rings. The molecule has 0 saturated heterocycles. The van der Waals surface area contributed by atoms with Crippen molar-refractivity contribution < 1.29 is 4.74 Å². The van der Waals surface area contributed by atoms with Crippen LogP contribution in [-0.2, 0) is 0 Å². The molecular weight excluding hydrogens is 252 g/mol. The summed E-state index contributed by atoms with van der Waals surface area (Å²) in [5.41, 5.74) is 1.34. The Labute approximate surface area is 117 Å². The smallest absolute Gasteiger partial charge is 0.273 e. The summed E-state index contributed by atoms with van der Waals surface area (Å²) in [5.74, 6) is 0.755. The highest BCUT2D eigenvalue weighted by molar-refractivity contribution is 5.41. The number of rotatable bonds is 3. The third kappa shape index (κ3) is 2.72. The molecule has 1 aromatic carbocycles. The van der Waals surface area contributed by atoms with Gasteiger partial charge in [-0.25, -0.2) is 0 Å². The summed E-state index contributed by atoms with van der Waals surface area (Å²) in [5, 5.41) is 8.94. The Bertz CT molecular complexity index is 707. The molecule has 0 spiro atoms. The van der Waals surface area contributed by atoms with E-state index in [9.17, 15) is 4.79 Å². The lowest BCUT2D eigenvalue weighted by Gasteiger charge is -2.13. The molecule has 0 aliphatic heterocycles. The van der Waals surface area contributed by atoms with Crippen LogP contribution in [0.5, 0.6) is 5.75 Å². The number of hydrogen-bond donors (Lipinski definition) is 0. The Kier molecular flexibility index (Phi) is 3.90. The molecule has 1 heterocycles. The number of aryl methyl sites for hydroxylation is 1. The summed E-state index contributed by atoms with van der Waals surface area (Å²) in [4.78, 5) is 12.2. The fourth-order valence-corrected chi connectivity index (χ4v) is 1.98. The molecule has 0 radical (unpaired) electrons. The first-order valence-electron chi connectivity index (χ1n) is 6.43. The van der Waals surface area contributed by atoms with E-state index >= 15 is 0 Å². The van der Waals surface area contributed by atoms with E-state index in [1.54, 1.807) is 12.1 Å². The van der Waals surface area contributed by atoms with E-state index in [2.05, 4.69) is 0 Å². The summed E-state index contributed by atoms with van der Waals surface area (Å²) < 4.78 is 7.10. The van der Waals surface area contributed by atoms with Crippen molar-refractivity contribution in [2.24, 2.45) is 0 Å². The Hall–Kier alpha value is -2.54. The second kappa shape index (κ2) is 5.62. The van der Waals surface area contributed by atoms with Gasteiger partial charge in [0.15, 0.2) is 0 Å². The number of benzene rings is 1. The maximum atomic E-state index is 12.2. The fraction of sp³-hybridized carbons (Fsp3) is 0.250. The molecule has 0 bridgehead atoms. The molecule has 0 unspecified atom stereocenters. The number of nitrogens with zero attached hydrogens (tertiary/aromatic N) is 2. The molecule has 2 rings (SSSR count). The molecule has 0 aliphatic rings. The zero-order valence-corrected chi connectivity index (χ0v) is 11.8. The Morgan fingerprint density at radius 2 is 1.80 bits per heavy atom. The van der Waals surface area contributed by atoms with Gasteiger partial charge in [0.05, 0.1) is 6.10 Å². The van der Waals surface area contributed by atoms with Crippen LogP contribution in [0.25, 0.3) is 5.69 Å². The highest BCUT2D eigenvalue weighted by atomic mass is 16.5. The summed E-state index contributed by atoms with van der Waals surface area (Å²) in [7, 11) is 0. The molecular formula is C16H16N2O2. The molecule has 20 heavy (non-hydrogen) atoms. The lowest BCUT2D eigenvalue weighted by molar-refractivity contribution is 0.242. The van der Waals surface area contributed by atoms with Gasteiger partial charge in [-0.3, -0.25) is 9.36 Å². The van der Waals surface area contributed by atoms with Crippen LogP contribution in [0.4, 0.5) is 0 Å². The van der Waals surface area contributed by atoms with Crippen molar-refractivity contribution in [3.8, 4) is 17.5 Å². The van der Waals surface area contributed by atoms with Gasteiger partial charge in [0.25, 0.3) is 5.56 Å². The third-order valence-electron chi connectivity index (χ3n) is 2.86. The van der Waals surface area contributed by atoms with E-state index in [1.165, 1.54) is 4.57 Å². The molecule has 0 N–H and O–H groups in total. The Morgan fingerprint density at radius 3 is 2.35 bits per heavy atom. The molecule has 4 heteroatoms. The van der Waals surface area contributed by atoms with Crippen molar-refractivity contribution >= 4 is 0 Å². The number of aromatic nitrogens is 1. The maximum Gasteiger partial charge on any atom is 0.273 e. The first-order valence-corrected chi connectivity index (χ1v) is 6.43. The van der Waals surface area contributed by atoms with Crippen molar-refractivity contribution in [3.05, 3.63) is 58.0 Å². The second-order valence-corrected chi connectivity index (χ2v) is 4.80. The van der Waals surface area contributed by atoms with E-state index in [1.807, 2.05) is 51.1 Å². The lowest BCUT2D eigenvalue weighted by atomic mass is 10.2. The van der Waals surface area contributed by atoms with Crippen molar-refractivity contribution in [2.45, 2.75) is 26.9 Å². The van der Waals surface area contributed by atoms with E-state index in [0.717, 1.165) is 17.1 Å². The van der Waals surface area contributed by atoms with Crippen molar-refractivity contribution in [1.29, 1.82) is 5.26 Å². The minimum absolute atomic E-state index is 0.104. The van der Waals surface area contributed by atoms with Crippen LogP contribution in [-0.4, -0.2) is 10.7 Å². The van der Waals surface area contributed by atoms with Crippen LogP contribution >= 0.6 is 0 Å². The SMILES string of the molecule is Cc1ccc(C#N)c(=O)n1-c1ccc(OC(C)C)cc1. The maximum absolute atomic E-state index is 12.2. The fourth-order valence-electron chi connectivity index (χ4n) is 1.98. The van der Waals surface area contributed by atoms with Gasteiger partial charge >= 0.3 is 0 Å². The van der Waals surface area contributed by atoms with Gasteiger partial charge in [-0.1, -0.05) is 0 Å². The van der Waals surface area contributed by atoms with Crippen LogP contribution in [0.1, 0.15) is 25.1 Å². The molecule has 0 atom stereocenters. The quantitative estimate of drug-likeness (QED) is 0.860. The topological polar surface area (TPSA) is 55.0 Å². The Morgan fingerprint density at radius 1 is 1.15 bits per heavy atom. The average Bonchev–Trinajstić information content (AvgIpc) is 2.40. The van der Waals surface area contributed by atoms with Gasteiger partial charge < -0.3 is 4.74 Å². The van der Waals surface area contributed by atoms with E-state index in [4.69, 9.17) is 10.00 Å². The van der Waals surface area contributed by atoms with Crippen LogP contribution in [0.3, 0.4) is 0 Å². The van der Waals surface area contributed by atoms with Crippen molar-refractivity contribution in [2.75, 3.05) is 0 Å². The molecule has 4 nitrogen and oxygen atoms in total. The van der Waals surface area contributed by atoms with E-state index < -0.39 is 0 Å². The molecule has 102 valence electrons. The summed E-state index contributed by atoms with van der Waals surface area (Å²) >= 11 is 0. The minimum Gasteiger partial charge on any atom is -0.491 e. The van der Waals surface area contributed by atoms with Crippen molar-refractivity contribution in [1.82, 2.24) is 4.57 Å². The highest BCUT2D eigenvalue weighted by Crippen LogP contribution is 2.16. The number of ether oxygens (including phenoxy) is 1. The molecule has 0 fully saturated rings. The van der Waals surface area contributed by atoms with Gasteiger partial charge in [0.2, 0.25) is 0 Å². The lowest BCUT2D eigenvalue weighted by Crippen LogP contribution is -2.22. The van der Waals surface area contributed by atoms with Gasteiger partial charge in [0.1, 0.15) is 17.4 Å². The minimum atomic E-state index is -0.301. The van der Waals surface area contributed by atoms with Crippen LogP contribution < -0.4 is 10.3 Å². The number of nitriles is 1. The van der Waals surface area contributed by atoms with Gasteiger partial charge in [-0.15, -0.1) is 0 Å². The first-order chi connectivity index (χ1) is 9.52. The van der Waals surface area contributed by atoms with Gasteiger partial charge in [0, 0.05) is 11.4 Å². The van der Waals surface area contributed by atoms with E-state index in [-0.39, 0.29) is 17.2 Å². The number of hydrogen-bond acceptors (Lipinski definition) is 3. The predicted octanol–water partition coefficient (Wildman–Crippen LogP) is 2.80. The van der Waals surface area contributed by atoms with E-state index in [0.29, 0.717) is 0 Å². The van der Waals surface area contributed by atoms with Crippen LogP contribution in [0.15, 0.2) is 41.2 Å². The zero-order chi connectivity index (χ0) is 14.7. The average molecular weight is 268 g/mol. The highest BCUT2D eigenvalue weighted by Gasteiger charge is 2.08. The summed E-state index contributed by atoms with van der Waals surface area (Å²) in [6.45, 7) is 5.75. The molecule has 1 aromatic heterocycles. The largest absolute Gasteiger partial charge is 0.491 e. The molecule has 0 amide bonds. The third-order valence-corrected chi connectivity index (χ3v) is 2.86. The monoisotopic (exact) mass is 268 g/mol.